The molecule has 0 bridgehead atoms. The van der Waals surface area contributed by atoms with Crippen molar-refractivity contribution in [3.05, 3.63) is 51.9 Å². The predicted octanol–water partition coefficient (Wildman–Crippen LogP) is 2.65. The first-order valence-electron chi connectivity index (χ1n) is 8.93. The van der Waals surface area contributed by atoms with Crippen molar-refractivity contribution in [1.29, 1.82) is 0 Å². The van der Waals surface area contributed by atoms with Gasteiger partial charge in [-0.25, -0.2) is 4.39 Å². The molecule has 2 aliphatic rings. The highest BCUT2D eigenvalue weighted by Gasteiger charge is 2.24. The number of piperazine rings is 1. The number of aromatic nitrogens is 2. The zero-order valence-electron chi connectivity index (χ0n) is 14.4. The van der Waals surface area contributed by atoms with Gasteiger partial charge in [0.1, 0.15) is 5.82 Å². The average molecular weight is 375 g/mol. The average Bonchev–Trinajstić information content (AvgIpc) is 3.12. The number of nitrogens with zero attached hydrogens (tertiary/aromatic N) is 4. The second-order valence-electron chi connectivity index (χ2n) is 6.77. The number of aryl methyl sites for hydroxylation is 2. The Morgan fingerprint density at radius 3 is 2.73 bits per heavy atom. The zero-order chi connectivity index (χ0) is 18.1. The van der Waals surface area contributed by atoms with Gasteiger partial charge < -0.3 is 9.80 Å². The molecular formula is C19H20ClFN4O. The first-order valence-corrected chi connectivity index (χ1v) is 9.30. The summed E-state index contributed by atoms with van der Waals surface area (Å²) >= 11 is 6.03. The van der Waals surface area contributed by atoms with E-state index in [1.807, 2.05) is 0 Å². The third kappa shape index (κ3) is 3.38. The number of amides is 1. The van der Waals surface area contributed by atoms with Gasteiger partial charge in [0.2, 0.25) is 5.91 Å². The van der Waals surface area contributed by atoms with Gasteiger partial charge in [0.15, 0.2) is 5.82 Å². The summed E-state index contributed by atoms with van der Waals surface area (Å²) in [5.74, 6) is 0.351. The minimum atomic E-state index is -0.432. The van der Waals surface area contributed by atoms with Crippen LogP contribution in [-0.2, 0) is 24.1 Å². The third-order valence-electron chi connectivity index (χ3n) is 5.15. The van der Waals surface area contributed by atoms with Crippen molar-refractivity contribution in [3.8, 4) is 0 Å². The SMILES string of the molecule is O=C(Cc1c(F)cccc1Cl)N1CCN(c2cc3c(nn2)CCC3)CC1. The fraction of sp³-hybridized carbons (Fsp3) is 0.421. The predicted molar refractivity (Wildman–Crippen MR) is 98.0 cm³/mol. The minimum absolute atomic E-state index is 0.00976. The van der Waals surface area contributed by atoms with E-state index in [-0.39, 0.29) is 17.9 Å². The molecule has 136 valence electrons. The number of hydrogen-bond donors (Lipinski definition) is 0. The second kappa shape index (κ2) is 7.19. The lowest BCUT2D eigenvalue weighted by Gasteiger charge is -2.35. The molecule has 0 saturated carbocycles. The van der Waals surface area contributed by atoms with Crippen LogP contribution in [0.5, 0.6) is 0 Å². The molecule has 0 spiro atoms. The molecule has 1 aliphatic heterocycles. The van der Waals surface area contributed by atoms with E-state index in [2.05, 4.69) is 21.2 Å². The Morgan fingerprint density at radius 1 is 1.15 bits per heavy atom. The minimum Gasteiger partial charge on any atom is -0.352 e. The molecule has 1 aliphatic carbocycles. The van der Waals surface area contributed by atoms with Gasteiger partial charge in [0.05, 0.1) is 12.1 Å². The number of benzene rings is 1. The lowest BCUT2D eigenvalue weighted by molar-refractivity contribution is -0.130. The Labute approximate surface area is 156 Å². The Kier molecular flexibility index (Phi) is 4.76. The second-order valence-corrected chi connectivity index (χ2v) is 7.18. The summed E-state index contributed by atoms with van der Waals surface area (Å²) in [5.41, 5.74) is 2.68. The monoisotopic (exact) mass is 374 g/mol. The van der Waals surface area contributed by atoms with Crippen LogP contribution in [0.3, 0.4) is 0 Å². The van der Waals surface area contributed by atoms with Gasteiger partial charge in [-0.2, -0.15) is 5.10 Å². The summed E-state index contributed by atoms with van der Waals surface area (Å²) < 4.78 is 13.9. The fourth-order valence-corrected chi connectivity index (χ4v) is 3.85. The summed E-state index contributed by atoms with van der Waals surface area (Å²) in [5, 5.41) is 8.97. The largest absolute Gasteiger partial charge is 0.352 e. The lowest BCUT2D eigenvalue weighted by Crippen LogP contribution is -2.49. The number of carbonyl (C=O) groups is 1. The molecule has 5 nitrogen and oxygen atoms in total. The van der Waals surface area contributed by atoms with Crippen molar-refractivity contribution < 1.29 is 9.18 Å². The number of hydrogen-bond acceptors (Lipinski definition) is 4. The number of anilines is 1. The summed E-state index contributed by atoms with van der Waals surface area (Å²) in [4.78, 5) is 16.4. The molecule has 2 aromatic rings. The van der Waals surface area contributed by atoms with Crippen LogP contribution in [0.25, 0.3) is 0 Å². The van der Waals surface area contributed by atoms with Gasteiger partial charge in [-0.3, -0.25) is 4.79 Å². The van der Waals surface area contributed by atoms with Gasteiger partial charge in [-0.15, -0.1) is 5.10 Å². The van der Waals surface area contributed by atoms with Gasteiger partial charge in [0, 0.05) is 36.8 Å². The summed E-state index contributed by atoms with van der Waals surface area (Å²) in [6.45, 7) is 2.57. The molecule has 7 heteroatoms. The maximum Gasteiger partial charge on any atom is 0.227 e. The quantitative estimate of drug-likeness (QED) is 0.828. The highest BCUT2D eigenvalue weighted by atomic mass is 35.5. The summed E-state index contributed by atoms with van der Waals surface area (Å²) in [6, 6.07) is 6.62. The molecule has 0 radical (unpaired) electrons. The van der Waals surface area contributed by atoms with Crippen LogP contribution < -0.4 is 4.90 Å². The molecule has 1 saturated heterocycles. The number of halogens is 2. The van der Waals surface area contributed by atoms with E-state index in [4.69, 9.17) is 11.6 Å². The Balaban J connectivity index is 1.38. The van der Waals surface area contributed by atoms with E-state index in [9.17, 15) is 9.18 Å². The number of carbonyl (C=O) groups excluding carboxylic acids is 1. The van der Waals surface area contributed by atoms with Crippen molar-refractivity contribution in [2.75, 3.05) is 31.1 Å². The van der Waals surface area contributed by atoms with E-state index in [1.165, 1.54) is 11.6 Å². The van der Waals surface area contributed by atoms with E-state index in [0.29, 0.717) is 31.2 Å². The molecule has 2 heterocycles. The van der Waals surface area contributed by atoms with E-state index in [1.54, 1.807) is 17.0 Å². The van der Waals surface area contributed by atoms with Crippen LogP contribution in [0.15, 0.2) is 24.3 Å². The van der Waals surface area contributed by atoms with Crippen LogP contribution in [0.1, 0.15) is 23.2 Å². The first-order chi connectivity index (χ1) is 12.6. The van der Waals surface area contributed by atoms with Crippen LogP contribution in [0.2, 0.25) is 5.02 Å². The van der Waals surface area contributed by atoms with Crippen molar-refractivity contribution in [2.45, 2.75) is 25.7 Å². The standard InChI is InChI=1S/C19H20ClFN4O/c20-15-4-2-5-16(21)14(15)12-19(26)25-9-7-24(8-10-25)18-11-13-3-1-6-17(13)22-23-18/h2,4-5,11H,1,3,6-10,12H2. The Bertz CT molecular complexity index is 816. The van der Waals surface area contributed by atoms with Gasteiger partial charge >= 0.3 is 0 Å². The molecule has 0 N–H and O–H groups in total. The molecule has 1 fully saturated rings. The lowest BCUT2D eigenvalue weighted by atomic mass is 10.1. The zero-order valence-corrected chi connectivity index (χ0v) is 15.2. The van der Waals surface area contributed by atoms with Crippen LogP contribution in [0, 0.1) is 5.82 Å². The highest BCUT2D eigenvalue weighted by molar-refractivity contribution is 6.31. The third-order valence-corrected chi connectivity index (χ3v) is 5.51. The molecule has 1 aromatic heterocycles. The maximum absolute atomic E-state index is 13.9. The van der Waals surface area contributed by atoms with Crippen LogP contribution >= 0.6 is 11.6 Å². The number of rotatable bonds is 3. The molecule has 26 heavy (non-hydrogen) atoms. The smallest absolute Gasteiger partial charge is 0.227 e. The number of fused-ring (bicyclic) bond motifs is 1. The van der Waals surface area contributed by atoms with Crippen molar-refractivity contribution in [3.63, 3.8) is 0 Å². The summed E-state index contributed by atoms with van der Waals surface area (Å²) in [7, 11) is 0. The topological polar surface area (TPSA) is 49.3 Å². The van der Waals surface area contributed by atoms with Gasteiger partial charge in [-0.05, 0) is 43.0 Å². The van der Waals surface area contributed by atoms with Crippen molar-refractivity contribution in [2.24, 2.45) is 0 Å². The van der Waals surface area contributed by atoms with E-state index < -0.39 is 5.82 Å². The molecule has 1 aromatic carbocycles. The summed E-state index contributed by atoms with van der Waals surface area (Å²) in [6.07, 6.45) is 3.22. The Hall–Kier alpha value is -2.21. The normalized spacial score (nSPS) is 16.7. The van der Waals surface area contributed by atoms with E-state index >= 15 is 0 Å². The van der Waals surface area contributed by atoms with Crippen molar-refractivity contribution in [1.82, 2.24) is 15.1 Å². The van der Waals surface area contributed by atoms with Gasteiger partial charge in [-0.1, -0.05) is 17.7 Å². The fourth-order valence-electron chi connectivity index (χ4n) is 3.62. The first kappa shape index (κ1) is 17.2. The molecular weight excluding hydrogens is 355 g/mol. The van der Waals surface area contributed by atoms with Gasteiger partial charge in [0.25, 0.3) is 0 Å². The molecule has 0 atom stereocenters. The Morgan fingerprint density at radius 2 is 1.96 bits per heavy atom. The molecule has 0 unspecified atom stereocenters. The maximum atomic E-state index is 13.9. The molecule has 1 amide bonds. The molecule has 4 rings (SSSR count). The van der Waals surface area contributed by atoms with Crippen LogP contribution in [-0.4, -0.2) is 47.2 Å². The highest BCUT2D eigenvalue weighted by Crippen LogP contribution is 2.24. The van der Waals surface area contributed by atoms with Crippen molar-refractivity contribution >= 4 is 23.3 Å². The van der Waals surface area contributed by atoms with E-state index in [0.717, 1.165) is 30.8 Å². The van der Waals surface area contributed by atoms with Crippen LogP contribution in [0.4, 0.5) is 10.2 Å².